The number of halogens is 4. The van der Waals surface area contributed by atoms with Crippen molar-refractivity contribution in [3.8, 4) is 5.75 Å². The van der Waals surface area contributed by atoms with Gasteiger partial charge in [-0.05, 0) is 41.6 Å². The SMILES string of the molecule is CC(=O)c1cc(I)c(O)c(C(F)(F)F)c1. The highest BCUT2D eigenvalue weighted by molar-refractivity contribution is 14.1. The van der Waals surface area contributed by atoms with E-state index >= 15 is 0 Å². The van der Waals surface area contributed by atoms with E-state index in [0.717, 1.165) is 0 Å². The number of phenols is 1. The first-order chi connectivity index (χ1) is 6.73. The first kappa shape index (κ1) is 12.3. The Morgan fingerprint density at radius 2 is 1.93 bits per heavy atom. The van der Waals surface area contributed by atoms with Crippen LogP contribution in [0.4, 0.5) is 13.2 Å². The number of benzene rings is 1. The van der Waals surface area contributed by atoms with Gasteiger partial charge in [0, 0.05) is 5.56 Å². The van der Waals surface area contributed by atoms with E-state index in [4.69, 9.17) is 0 Å². The lowest BCUT2D eigenvalue weighted by Gasteiger charge is -2.11. The molecule has 0 aliphatic rings. The molecule has 0 saturated carbocycles. The van der Waals surface area contributed by atoms with Crippen LogP contribution in [0.5, 0.6) is 5.75 Å². The van der Waals surface area contributed by atoms with Crippen molar-refractivity contribution in [2.24, 2.45) is 0 Å². The van der Waals surface area contributed by atoms with Crippen LogP contribution in [0.25, 0.3) is 0 Å². The molecule has 0 unspecified atom stereocenters. The predicted octanol–water partition coefficient (Wildman–Crippen LogP) is 3.22. The summed E-state index contributed by atoms with van der Waals surface area (Å²) in [4.78, 5) is 10.9. The maximum absolute atomic E-state index is 12.4. The van der Waals surface area contributed by atoms with Crippen LogP contribution in [0.2, 0.25) is 0 Å². The highest BCUT2D eigenvalue weighted by Crippen LogP contribution is 2.38. The summed E-state index contributed by atoms with van der Waals surface area (Å²) in [7, 11) is 0. The minimum absolute atomic E-state index is 0.00706. The van der Waals surface area contributed by atoms with Gasteiger partial charge in [-0.2, -0.15) is 13.2 Å². The van der Waals surface area contributed by atoms with Crippen LogP contribution in [0.3, 0.4) is 0 Å². The number of rotatable bonds is 1. The lowest BCUT2D eigenvalue weighted by atomic mass is 10.1. The molecule has 0 atom stereocenters. The molecule has 1 N–H and O–H groups in total. The second kappa shape index (κ2) is 3.99. The minimum Gasteiger partial charge on any atom is -0.506 e. The van der Waals surface area contributed by atoms with Crippen molar-refractivity contribution in [1.82, 2.24) is 0 Å². The maximum Gasteiger partial charge on any atom is 0.420 e. The molecule has 6 heteroatoms. The Kier molecular flexibility index (Phi) is 3.27. The standard InChI is InChI=1S/C9H6F3IO2/c1-4(14)5-2-6(9(10,11)12)8(15)7(13)3-5/h2-3,15H,1H3. The van der Waals surface area contributed by atoms with Gasteiger partial charge in [-0.15, -0.1) is 0 Å². The topological polar surface area (TPSA) is 37.3 Å². The molecule has 1 aromatic carbocycles. The highest BCUT2D eigenvalue weighted by atomic mass is 127. The van der Waals surface area contributed by atoms with Gasteiger partial charge < -0.3 is 5.11 Å². The zero-order valence-corrected chi connectivity index (χ0v) is 9.68. The third-order valence-corrected chi connectivity index (χ3v) is 2.60. The molecular formula is C9H6F3IO2. The van der Waals surface area contributed by atoms with Crippen molar-refractivity contribution in [1.29, 1.82) is 0 Å². The summed E-state index contributed by atoms with van der Waals surface area (Å²) in [5.74, 6) is -1.31. The van der Waals surface area contributed by atoms with Gasteiger partial charge in [-0.3, -0.25) is 4.79 Å². The summed E-state index contributed by atoms with van der Waals surface area (Å²) < 4.78 is 37.2. The Bertz CT molecular complexity index is 413. The Hall–Kier alpha value is -0.790. The lowest BCUT2D eigenvalue weighted by molar-refractivity contribution is -0.138. The third-order valence-electron chi connectivity index (χ3n) is 1.78. The molecule has 15 heavy (non-hydrogen) atoms. The first-order valence-electron chi connectivity index (χ1n) is 3.84. The molecule has 0 aliphatic heterocycles. The molecule has 1 aromatic rings. The molecular weight excluding hydrogens is 324 g/mol. The number of Topliss-reactive ketones (excluding diaryl/α,β-unsaturated/α-hetero) is 1. The Labute approximate surface area is 97.2 Å². The summed E-state index contributed by atoms with van der Waals surface area (Å²) in [6.07, 6.45) is -4.66. The number of hydrogen-bond acceptors (Lipinski definition) is 2. The minimum atomic E-state index is -4.66. The number of ketones is 1. The number of alkyl halides is 3. The summed E-state index contributed by atoms with van der Waals surface area (Å²) in [5.41, 5.74) is -1.25. The van der Waals surface area contributed by atoms with Gasteiger partial charge in [0.2, 0.25) is 0 Å². The zero-order chi connectivity index (χ0) is 11.8. The quantitative estimate of drug-likeness (QED) is 0.634. The number of carbonyl (C=O) groups excluding carboxylic acids is 1. The molecule has 0 saturated heterocycles. The Morgan fingerprint density at radius 3 is 2.33 bits per heavy atom. The molecule has 0 aromatic heterocycles. The molecule has 0 bridgehead atoms. The van der Waals surface area contributed by atoms with Crippen molar-refractivity contribution >= 4 is 28.4 Å². The van der Waals surface area contributed by atoms with E-state index in [1.807, 2.05) is 0 Å². The molecule has 0 heterocycles. The van der Waals surface area contributed by atoms with E-state index in [1.54, 1.807) is 22.6 Å². The van der Waals surface area contributed by atoms with Gasteiger partial charge >= 0.3 is 6.18 Å². The van der Waals surface area contributed by atoms with Crippen molar-refractivity contribution in [2.45, 2.75) is 13.1 Å². The van der Waals surface area contributed by atoms with E-state index < -0.39 is 23.3 Å². The van der Waals surface area contributed by atoms with Gasteiger partial charge in [0.15, 0.2) is 5.78 Å². The predicted molar refractivity (Wildman–Crippen MR) is 55.8 cm³/mol. The van der Waals surface area contributed by atoms with Gasteiger partial charge in [0.1, 0.15) is 5.75 Å². The lowest BCUT2D eigenvalue weighted by Crippen LogP contribution is -2.08. The number of aromatic hydroxyl groups is 1. The molecule has 0 spiro atoms. The second-order valence-electron chi connectivity index (χ2n) is 2.91. The molecule has 0 aliphatic carbocycles. The Balaban J connectivity index is 3.45. The first-order valence-corrected chi connectivity index (χ1v) is 4.92. The smallest absolute Gasteiger partial charge is 0.420 e. The van der Waals surface area contributed by atoms with Gasteiger partial charge in [-0.25, -0.2) is 0 Å². The number of carbonyl (C=O) groups is 1. The van der Waals surface area contributed by atoms with Gasteiger partial charge in [0.05, 0.1) is 9.13 Å². The summed E-state index contributed by atoms with van der Waals surface area (Å²) in [5, 5.41) is 9.20. The van der Waals surface area contributed by atoms with Gasteiger partial charge in [-0.1, -0.05) is 0 Å². The van der Waals surface area contributed by atoms with Crippen LogP contribution in [-0.2, 0) is 6.18 Å². The largest absolute Gasteiger partial charge is 0.506 e. The van der Waals surface area contributed by atoms with Crippen LogP contribution in [0, 0.1) is 3.57 Å². The summed E-state index contributed by atoms with van der Waals surface area (Å²) in [6, 6.07) is 1.87. The summed E-state index contributed by atoms with van der Waals surface area (Å²) in [6.45, 7) is 1.17. The van der Waals surface area contributed by atoms with Crippen LogP contribution in [0.1, 0.15) is 22.8 Å². The van der Waals surface area contributed by atoms with Gasteiger partial charge in [0.25, 0.3) is 0 Å². The number of phenolic OH excluding ortho intramolecular Hbond substituents is 1. The maximum atomic E-state index is 12.4. The average molecular weight is 330 g/mol. The summed E-state index contributed by atoms with van der Waals surface area (Å²) >= 11 is 1.55. The fourth-order valence-electron chi connectivity index (χ4n) is 1.02. The van der Waals surface area contributed by atoms with E-state index in [0.29, 0.717) is 6.07 Å². The molecule has 0 radical (unpaired) electrons. The van der Waals surface area contributed by atoms with Crippen molar-refractivity contribution in [3.63, 3.8) is 0 Å². The highest BCUT2D eigenvalue weighted by Gasteiger charge is 2.35. The normalized spacial score (nSPS) is 11.5. The monoisotopic (exact) mass is 330 g/mol. The molecule has 82 valence electrons. The molecule has 0 fully saturated rings. The van der Waals surface area contributed by atoms with Crippen molar-refractivity contribution in [2.75, 3.05) is 0 Å². The number of hydrogen-bond donors (Lipinski definition) is 1. The van der Waals surface area contributed by atoms with Crippen LogP contribution in [-0.4, -0.2) is 10.9 Å². The second-order valence-corrected chi connectivity index (χ2v) is 4.07. The van der Waals surface area contributed by atoms with E-state index in [9.17, 15) is 23.1 Å². The third kappa shape index (κ3) is 2.61. The zero-order valence-electron chi connectivity index (χ0n) is 7.52. The van der Waals surface area contributed by atoms with Crippen LogP contribution < -0.4 is 0 Å². The van der Waals surface area contributed by atoms with Crippen LogP contribution in [0.15, 0.2) is 12.1 Å². The molecule has 0 amide bonds. The fourth-order valence-corrected chi connectivity index (χ4v) is 1.64. The van der Waals surface area contributed by atoms with E-state index in [1.165, 1.54) is 13.0 Å². The fraction of sp³-hybridized carbons (Fsp3) is 0.222. The van der Waals surface area contributed by atoms with E-state index in [2.05, 4.69) is 0 Å². The molecule has 1 rings (SSSR count). The average Bonchev–Trinajstić information content (AvgIpc) is 2.06. The Morgan fingerprint density at radius 1 is 1.40 bits per heavy atom. The molecule has 2 nitrogen and oxygen atoms in total. The van der Waals surface area contributed by atoms with Crippen molar-refractivity contribution < 1.29 is 23.1 Å². The van der Waals surface area contributed by atoms with E-state index in [-0.39, 0.29) is 9.13 Å². The van der Waals surface area contributed by atoms with Crippen LogP contribution >= 0.6 is 22.6 Å². The van der Waals surface area contributed by atoms with Crippen molar-refractivity contribution in [3.05, 3.63) is 26.8 Å².